The van der Waals surface area contributed by atoms with E-state index < -0.39 is 0 Å². The summed E-state index contributed by atoms with van der Waals surface area (Å²) in [5.74, 6) is 0.885. The van der Waals surface area contributed by atoms with E-state index in [2.05, 4.69) is 30.2 Å². The summed E-state index contributed by atoms with van der Waals surface area (Å²) < 4.78 is 0. The quantitative estimate of drug-likeness (QED) is 0.815. The van der Waals surface area contributed by atoms with Gasteiger partial charge in [0, 0.05) is 25.7 Å². The Kier molecular flexibility index (Phi) is 6.42. The van der Waals surface area contributed by atoms with Gasteiger partial charge in [0.25, 0.3) is 0 Å². The average molecular weight is 388 g/mol. The molecular weight excluding hydrogens is 365 g/mol. The molecule has 25 heavy (non-hydrogen) atoms. The van der Waals surface area contributed by atoms with Gasteiger partial charge in [-0.3, -0.25) is 4.79 Å². The third kappa shape index (κ3) is 3.65. The predicted molar refractivity (Wildman–Crippen MR) is 101 cm³/mol. The molecule has 0 spiro atoms. The number of rotatable bonds is 3. The van der Waals surface area contributed by atoms with E-state index in [1.54, 1.807) is 6.33 Å². The number of hydrogen-bond donors (Lipinski definition) is 2. The van der Waals surface area contributed by atoms with E-state index >= 15 is 0 Å². The van der Waals surface area contributed by atoms with Gasteiger partial charge in [0.05, 0.1) is 12.9 Å². The van der Waals surface area contributed by atoms with Crippen molar-refractivity contribution in [3.63, 3.8) is 0 Å². The number of fused-ring (bicyclic) bond motifs is 3. The Morgan fingerprint density at radius 1 is 1.24 bits per heavy atom. The van der Waals surface area contributed by atoms with E-state index in [1.807, 2.05) is 11.9 Å². The summed E-state index contributed by atoms with van der Waals surface area (Å²) in [5.41, 5.74) is 1.39. The molecule has 2 aliphatic heterocycles. The molecule has 4 rings (SSSR count). The first-order chi connectivity index (χ1) is 11.2. The molecule has 2 saturated heterocycles. The van der Waals surface area contributed by atoms with Gasteiger partial charge in [-0.15, -0.1) is 24.8 Å². The Balaban J connectivity index is 0.00000113. The summed E-state index contributed by atoms with van der Waals surface area (Å²) in [6.45, 7) is 2.23. The Labute approximate surface area is 158 Å². The van der Waals surface area contributed by atoms with Crippen molar-refractivity contribution in [3.05, 3.63) is 12.7 Å². The van der Waals surface area contributed by atoms with Gasteiger partial charge in [0.15, 0.2) is 11.5 Å². The molecule has 10 heteroatoms. The fourth-order valence-corrected chi connectivity index (χ4v) is 3.79. The molecule has 2 unspecified atom stereocenters. The number of likely N-dealkylation sites (N-methyl/N-ethyl adjacent to an activating group) is 1. The van der Waals surface area contributed by atoms with Gasteiger partial charge in [-0.1, -0.05) is 0 Å². The maximum Gasteiger partial charge on any atom is 0.242 e. The summed E-state index contributed by atoms with van der Waals surface area (Å²) >= 11 is 0. The van der Waals surface area contributed by atoms with Crippen LogP contribution >= 0.6 is 24.8 Å². The number of aromatic amines is 1. The molecule has 1 amide bonds. The van der Waals surface area contributed by atoms with Crippen molar-refractivity contribution in [1.82, 2.24) is 30.2 Å². The number of nitrogens with one attached hydrogen (secondary N) is 2. The van der Waals surface area contributed by atoms with Crippen molar-refractivity contribution in [2.75, 3.05) is 31.6 Å². The second-order valence-corrected chi connectivity index (χ2v) is 6.33. The van der Waals surface area contributed by atoms with E-state index in [1.165, 1.54) is 6.33 Å². The molecule has 138 valence electrons. The number of aromatic nitrogens is 4. The lowest BCUT2D eigenvalue weighted by Crippen LogP contribution is -2.46. The number of imidazole rings is 1. The topological polar surface area (TPSA) is 90.0 Å². The number of H-pyrrole nitrogens is 1. The highest BCUT2D eigenvalue weighted by Crippen LogP contribution is 2.28. The van der Waals surface area contributed by atoms with Crippen LogP contribution in [0.4, 0.5) is 5.82 Å². The van der Waals surface area contributed by atoms with E-state index in [9.17, 15) is 4.79 Å². The highest BCUT2D eigenvalue weighted by Gasteiger charge is 2.38. The number of nitrogens with zero attached hydrogens (tertiary/aromatic N) is 5. The number of carbonyl (C=O) groups excluding carboxylic acids is 1. The van der Waals surface area contributed by atoms with Crippen LogP contribution in [0.2, 0.25) is 0 Å². The maximum absolute atomic E-state index is 12.9. The fraction of sp³-hybridized carbons (Fsp3) is 0.600. The normalized spacial score (nSPS) is 22.0. The zero-order valence-corrected chi connectivity index (χ0v) is 15.6. The van der Waals surface area contributed by atoms with Crippen molar-refractivity contribution in [2.24, 2.45) is 0 Å². The molecule has 0 saturated carbocycles. The number of carbonyl (C=O) groups is 1. The van der Waals surface area contributed by atoms with Crippen LogP contribution in [-0.2, 0) is 4.79 Å². The number of halogens is 2. The monoisotopic (exact) mass is 387 g/mol. The molecule has 2 bridgehead atoms. The average Bonchev–Trinajstić information content (AvgIpc) is 3.09. The molecule has 8 nitrogen and oxygen atoms in total. The molecule has 2 aromatic heterocycles. The Hall–Kier alpha value is -1.64. The smallest absolute Gasteiger partial charge is 0.242 e. The van der Waals surface area contributed by atoms with Gasteiger partial charge < -0.3 is 20.1 Å². The highest BCUT2D eigenvalue weighted by molar-refractivity contribution is 5.87. The lowest BCUT2D eigenvalue weighted by molar-refractivity contribution is -0.132. The van der Waals surface area contributed by atoms with Gasteiger partial charge in [0.2, 0.25) is 5.91 Å². The van der Waals surface area contributed by atoms with Crippen molar-refractivity contribution in [1.29, 1.82) is 0 Å². The van der Waals surface area contributed by atoms with Gasteiger partial charge in [-0.25, -0.2) is 15.0 Å². The molecule has 2 N–H and O–H groups in total. The van der Waals surface area contributed by atoms with Crippen LogP contribution in [0.25, 0.3) is 11.2 Å². The summed E-state index contributed by atoms with van der Waals surface area (Å²) in [6.07, 6.45) is 6.36. The zero-order chi connectivity index (χ0) is 15.8. The lowest BCUT2D eigenvalue weighted by Gasteiger charge is -2.30. The Bertz CT molecular complexity index is 711. The van der Waals surface area contributed by atoms with Crippen molar-refractivity contribution < 1.29 is 4.79 Å². The minimum Gasteiger partial charge on any atom is -0.348 e. The molecule has 0 aromatic carbocycles. The molecule has 0 radical (unpaired) electrons. The lowest BCUT2D eigenvalue weighted by atomic mass is 10.1. The zero-order valence-electron chi connectivity index (χ0n) is 14.0. The van der Waals surface area contributed by atoms with Crippen LogP contribution in [-0.4, -0.2) is 69.5 Å². The molecule has 2 atom stereocenters. The molecule has 2 fully saturated rings. The summed E-state index contributed by atoms with van der Waals surface area (Å²) in [5, 5.41) is 3.43. The van der Waals surface area contributed by atoms with Crippen molar-refractivity contribution >= 4 is 47.7 Å². The van der Waals surface area contributed by atoms with Crippen LogP contribution in [0.1, 0.15) is 19.3 Å². The predicted octanol–water partition coefficient (Wildman–Crippen LogP) is 0.986. The molecule has 2 aliphatic rings. The van der Waals surface area contributed by atoms with E-state index in [4.69, 9.17) is 0 Å². The van der Waals surface area contributed by atoms with Crippen molar-refractivity contribution in [2.45, 2.75) is 31.3 Å². The van der Waals surface area contributed by atoms with Gasteiger partial charge in [-0.05, 0) is 25.8 Å². The minimum absolute atomic E-state index is 0. The standard InChI is InChI=1S/C15H21N7O.2ClH/c1-21(15-13-14(18-8-17-13)19-9-20-15)7-12(23)22-10-2-3-11(22)6-16-5-4-10;;/h8-11,16H,2-7H2,1H3,(H,17,18,19,20);2*1H. The largest absolute Gasteiger partial charge is 0.348 e. The summed E-state index contributed by atoms with van der Waals surface area (Å²) in [6, 6.07) is 0.717. The highest BCUT2D eigenvalue weighted by atomic mass is 35.5. The second kappa shape index (κ2) is 8.16. The number of amides is 1. The Morgan fingerprint density at radius 2 is 2.04 bits per heavy atom. The second-order valence-electron chi connectivity index (χ2n) is 6.33. The maximum atomic E-state index is 12.9. The summed E-state index contributed by atoms with van der Waals surface area (Å²) in [7, 11) is 1.89. The van der Waals surface area contributed by atoms with Gasteiger partial charge in [-0.2, -0.15) is 0 Å². The van der Waals surface area contributed by atoms with E-state index in [0.717, 1.165) is 37.9 Å². The Morgan fingerprint density at radius 3 is 2.88 bits per heavy atom. The molecule has 4 heterocycles. The number of anilines is 1. The molecule has 2 aromatic rings. The van der Waals surface area contributed by atoms with Crippen molar-refractivity contribution in [3.8, 4) is 0 Å². The van der Waals surface area contributed by atoms with Crippen LogP contribution in [0.5, 0.6) is 0 Å². The van der Waals surface area contributed by atoms with Crippen LogP contribution < -0.4 is 10.2 Å². The first-order valence-corrected chi connectivity index (χ1v) is 8.11. The molecular formula is C15H23Cl2N7O. The van der Waals surface area contributed by atoms with Crippen LogP contribution in [0, 0.1) is 0 Å². The summed E-state index contributed by atoms with van der Waals surface area (Å²) in [4.78, 5) is 32.4. The number of hydrogen-bond acceptors (Lipinski definition) is 6. The molecule has 0 aliphatic carbocycles. The fourth-order valence-electron chi connectivity index (χ4n) is 3.79. The van der Waals surface area contributed by atoms with Gasteiger partial charge >= 0.3 is 0 Å². The minimum atomic E-state index is 0. The SMILES string of the molecule is CN(CC(=O)N1C2CCNCC1CC2)c1ncnc2nc[nH]c12.Cl.Cl. The third-order valence-electron chi connectivity index (χ3n) is 4.88. The van der Waals surface area contributed by atoms with E-state index in [-0.39, 0.29) is 30.7 Å². The first-order valence-electron chi connectivity index (χ1n) is 8.11. The van der Waals surface area contributed by atoms with Crippen LogP contribution in [0.3, 0.4) is 0 Å². The van der Waals surface area contributed by atoms with E-state index in [0.29, 0.717) is 30.1 Å². The van der Waals surface area contributed by atoms with Crippen LogP contribution in [0.15, 0.2) is 12.7 Å². The third-order valence-corrected chi connectivity index (χ3v) is 4.88. The van der Waals surface area contributed by atoms with Gasteiger partial charge in [0.1, 0.15) is 11.8 Å². The first kappa shape index (κ1) is 19.7.